The van der Waals surface area contributed by atoms with E-state index in [4.69, 9.17) is 11.6 Å². The number of hydrogen-bond acceptors (Lipinski definition) is 4. The molecular formula is C18H27ClN2O3. The first-order valence-electron chi connectivity index (χ1n) is 8.03. The topological polar surface area (TPSA) is 58.6 Å². The summed E-state index contributed by atoms with van der Waals surface area (Å²) in [6.45, 7) is 9.16. The minimum Gasteiger partial charge on any atom is -0.462 e. The van der Waals surface area contributed by atoms with Crippen molar-refractivity contribution in [3.63, 3.8) is 0 Å². The number of carbonyl (C=O) groups excluding carboxylic acids is 2. The molecule has 1 aliphatic rings. The lowest BCUT2D eigenvalue weighted by molar-refractivity contribution is -0.138. The van der Waals surface area contributed by atoms with Crippen molar-refractivity contribution in [3.8, 4) is 0 Å². The molecule has 6 heteroatoms. The van der Waals surface area contributed by atoms with Gasteiger partial charge in [0, 0.05) is 11.6 Å². The minimum atomic E-state index is -0.318. The van der Waals surface area contributed by atoms with Crippen molar-refractivity contribution in [2.45, 2.75) is 45.8 Å². The standard InChI is InChI=1S/C13H17ClN2O.C5H10O2/c1-9-12-4-3-11(14)7-10(12)5-6-16(9)13(17)8-15-2;1-5(2,3)7-4-6/h3-4,7,9,15H,5-6,8H2,1-2H3;4H,1-3H3. The van der Waals surface area contributed by atoms with Crippen molar-refractivity contribution in [2.75, 3.05) is 20.1 Å². The van der Waals surface area contributed by atoms with Crippen LogP contribution in [0.25, 0.3) is 0 Å². The molecule has 1 atom stereocenters. The number of fused-ring (bicyclic) bond motifs is 1. The lowest BCUT2D eigenvalue weighted by atomic mass is 9.93. The van der Waals surface area contributed by atoms with Crippen molar-refractivity contribution in [1.82, 2.24) is 10.2 Å². The van der Waals surface area contributed by atoms with Gasteiger partial charge in [0.1, 0.15) is 5.60 Å². The van der Waals surface area contributed by atoms with E-state index in [1.54, 1.807) is 7.05 Å². The molecule has 1 amide bonds. The maximum Gasteiger partial charge on any atom is 0.293 e. The lowest BCUT2D eigenvalue weighted by Gasteiger charge is -2.35. The molecule has 1 aromatic carbocycles. The highest BCUT2D eigenvalue weighted by Gasteiger charge is 2.26. The smallest absolute Gasteiger partial charge is 0.293 e. The number of amides is 1. The molecule has 0 saturated carbocycles. The second-order valence-electron chi connectivity index (χ2n) is 6.71. The van der Waals surface area contributed by atoms with E-state index in [0.717, 1.165) is 18.0 Å². The third-order valence-corrected chi connectivity index (χ3v) is 3.93. The van der Waals surface area contributed by atoms with Crippen molar-refractivity contribution in [2.24, 2.45) is 0 Å². The van der Waals surface area contributed by atoms with Gasteiger partial charge in [-0.3, -0.25) is 9.59 Å². The molecule has 5 nitrogen and oxygen atoms in total. The summed E-state index contributed by atoms with van der Waals surface area (Å²) >= 11 is 5.98. The Bertz CT molecular complexity index is 570. The summed E-state index contributed by atoms with van der Waals surface area (Å²) in [7, 11) is 1.79. The Balaban J connectivity index is 0.000000351. The predicted molar refractivity (Wildman–Crippen MR) is 96.1 cm³/mol. The van der Waals surface area contributed by atoms with Crippen LogP contribution in [0.15, 0.2) is 18.2 Å². The van der Waals surface area contributed by atoms with Crippen LogP contribution in [0.1, 0.15) is 44.9 Å². The summed E-state index contributed by atoms with van der Waals surface area (Å²) in [6, 6.07) is 6.06. The Morgan fingerprint density at radius 2 is 2.12 bits per heavy atom. The Morgan fingerprint density at radius 3 is 2.62 bits per heavy atom. The molecule has 1 aliphatic heterocycles. The van der Waals surface area contributed by atoms with Crippen LogP contribution in [0.2, 0.25) is 5.02 Å². The molecule has 1 unspecified atom stereocenters. The number of likely N-dealkylation sites (N-methyl/N-ethyl adjacent to an activating group) is 1. The molecule has 2 rings (SSSR count). The fourth-order valence-corrected chi connectivity index (χ4v) is 2.73. The van der Waals surface area contributed by atoms with Gasteiger partial charge in [-0.1, -0.05) is 17.7 Å². The molecule has 134 valence electrons. The van der Waals surface area contributed by atoms with Gasteiger partial charge in [-0.15, -0.1) is 0 Å². The fraction of sp³-hybridized carbons (Fsp3) is 0.556. The first-order valence-corrected chi connectivity index (χ1v) is 8.41. The monoisotopic (exact) mass is 354 g/mol. The molecule has 0 bridgehead atoms. The van der Waals surface area contributed by atoms with E-state index < -0.39 is 0 Å². The third kappa shape index (κ3) is 6.13. The van der Waals surface area contributed by atoms with Gasteiger partial charge in [-0.25, -0.2) is 0 Å². The molecule has 1 N–H and O–H groups in total. The van der Waals surface area contributed by atoms with E-state index in [1.807, 2.05) is 43.9 Å². The summed E-state index contributed by atoms with van der Waals surface area (Å²) in [5.41, 5.74) is 2.16. The zero-order chi connectivity index (χ0) is 18.3. The lowest BCUT2D eigenvalue weighted by Crippen LogP contribution is -2.42. The highest BCUT2D eigenvalue weighted by atomic mass is 35.5. The largest absolute Gasteiger partial charge is 0.462 e. The van der Waals surface area contributed by atoms with Crippen LogP contribution in [0.4, 0.5) is 0 Å². The van der Waals surface area contributed by atoms with Crippen LogP contribution >= 0.6 is 11.6 Å². The minimum absolute atomic E-state index is 0.136. The number of ether oxygens (including phenoxy) is 1. The van der Waals surface area contributed by atoms with Crippen molar-refractivity contribution >= 4 is 24.0 Å². The van der Waals surface area contributed by atoms with Gasteiger partial charge in [0.05, 0.1) is 12.6 Å². The Morgan fingerprint density at radius 1 is 1.46 bits per heavy atom. The Labute approximate surface area is 149 Å². The molecule has 1 aromatic rings. The number of benzene rings is 1. The van der Waals surface area contributed by atoms with Gasteiger partial charge in [0.2, 0.25) is 5.91 Å². The van der Waals surface area contributed by atoms with Crippen LogP contribution < -0.4 is 5.32 Å². The van der Waals surface area contributed by atoms with Gasteiger partial charge in [-0.05, 0) is 64.4 Å². The summed E-state index contributed by atoms with van der Waals surface area (Å²) in [5, 5.41) is 3.68. The summed E-state index contributed by atoms with van der Waals surface area (Å²) < 4.78 is 4.55. The Kier molecular flexibility index (Phi) is 7.70. The zero-order valence-corrected chi connectivity index (χ0v) is 15.8. The molecule has 0 aliphatic carbocycles. The van der Waals surface area contributed by atoms with E-state index in [9.17, 15) is 9.59 Å². The van der Waals surface area contributed by atoms with E-state index in [2.05, 4.69) is 17.0 Å². The van der Waals surface area contributed by atoms with Crippen LogP contribution in [0, 0.1) is 0 Å². The average Bonchev–Trinajstić information content (AvgIpc) is 2.47. The first-order chi connectivity index (χ1) is 11.2. The molecule has 0 fully saturated rings. The molecule has 24 heavy (non-hydrogen) atoms. The Hall–Kier alpha value is -1.59. The highest BCUT2D eigenvalue weighted by molar-refractivity contribution is 6.30. The van der Waals surface area contributed by atoms with Crippen LogP contribution in [0.5, 0.6) is 0 Å². The maximum atomic E-state index is 11.9. The average molecular weight is 355 g/mol. The summed E-state index contributed by atoms with van der Waals surface area (Å²) in [6.07, 6.45) is 0.885. The number of halogens is 1. The van der Waals surface area contributed by atoms with Gasteiger partial charge >= 0.3 is 0 Å². The van der Waals surface area contributed by atoms with Gasteiger partial charge < -0.3 is 15.0 Å². The van der Waals surface area contributed by atoms with E-state index in [0.29, 0.717) is 13.0 Å². The number of nitrogens with zero attached hydrogens (tertiary/aromatic N) is 1. The summed E-state index contributed by atoms with van der Waals surface area (Å²) in [5.74, 6) is 0.153. The maximum absolute atomic E-state index is 11.9. The first kappa shape index (κ1) is 20.5. The van der Waals surface area contributed by atoms with Crippen LogP contribution in [0.3, 0.4) is 0 Å². The predicted octanol–water partition coefficient (Wildman–Crippen LogP) is 2.96. The van der Waals surface area contributed by atoms with Crippen LogP contribution in [-0.2, 0) is 20.7 Å². The number of carbonyl (C=O) groups is 2. The molecular weight excluding hydrogens is 328 g/mol. The van der Waals surface area contributed by atoms with Gasteiger partial charge in [0.15, 0.2) is 0 Å². The normalized spacial score (nSPS) is 16.6. The highest BCUT2D eigenvalue weighted by Crippen LogP contribution is 2.30. The van der Waals surface area contributed by atoms with E-state index in [-0.39, 0.29) is 17.6 Å². The quantitative estimate of drug-likeness (QED) is 0.848. The van der Waals surface area contributed by atoms with Crippen molar-refractivity contribution in [1.29, 1.82) is 0 Å². The molecule has 0 aromatic heterocycles. The number of hydrogen-bond donors (Lipinski definition) is 1. The SMILES string of the molecule is CC(C)(C)OC=O.CNCC(=O)N1CCc2cc(Cl)ccc2C1C. The summed E-state index contributed by atoms with van der Waals surface area (Å²) in [4.78, 5) is 23.4. The second-order valence-corrected chi connectivity index (χ2v) is 7.15. The zero-order valence-electron chi connectivity index (χ0n) is 15.1. The second kappa shape index (κ2) is 9.04. The van der Waals surface area contributed by atoms with Crippen molar-refractivity contribution in [3.05, 3.63) is 34.3 Å². The molecule has 0 saturated heterocycles. The number of nitrogens with one attached hydrogen (secondary N) is 1. The molecule has 1 heterocycles. The van der Waals surface area contributed by atoms with Gasteiger partial charge in [-0.2, -0.15) is 0 Å². The molecule has 0 radical (unpaired) electrons. The van der Waals surface area contributed by atoms with Crippen LogP contribution in [-0.4, -0.2) is 43.0 Å². The third-order valence-electron chi connectivity index (χ3n) is 3.69. The van der Waals surface area contributed by atoms with Crippen molar-refractivity contribution < 1.29 is 14.3 Å². The van der Waals surface area contributed by atoms with E-state index in [1.165, 1.54) is 11.1 Å². The van der Waals surface area contributed by atoms with E-state index >= 15 is 0 Å². The van der Waals surface area contributed by atoms with Gasteiger partial charge in [0.25, 0.3) is 6.47 Å². The fourth-order valence-electron chi connectivity index (χ4n) is 2.54. The number of rotatable bonds is 3. The molecule has 0 spiro atoms.